The van der Waals surface area contributed by atoms with Crippen LogP contribution in [0.15, 0.2) is 23.3 Å². The van der Waals surface area contributed by atoms with E-state index in [-0.39, 0.29) is 6.61 Å². The molecule has 3 nitrogen and oxygen atoms in total. The van der Waals surface area contributed by atoms with E-state index in [9.17, 15) is 0 Å². The Morgan fingerprint density at radius 2 is 1.93 bits per heavy atom. The van der Waals surface area contributed by atoms with Crippen molar-refractivity contribution in [1.29, 1.82) is 0 Å². The van der Waals surface area contributed by atoms with Gasteiger partial charge in [-0.05, 0) is 26.7 Å². The van der Waals surface area contributed by atoms with Crippen LogP contribution in [0.3, 0.4) is 0 Å². The summed E-state index contributed by atoms with van der Waals surface area (Å²) >= 11 is 0. The summed E-state index contributed by atoms with van der Waals surface area (Å²) < 4.78 is 9.91. The summed E-state index contributed by atoms with van der Waals surface area (Å²) in [4.78, 5) is 0. The molecule has 0 unspecified atom stereocenters. The van der Waals surface area contributed by atoms with Crippen molar-refractivity contribution in [3.8, 4) is 0 Å². The van der Waals surface area contributed by atoms with E-state index in [2.05, 4.69) is 19.1 Å². The normalized spacial score (nSPS) is 13.3. The minimum Gasteiger partial charge on any atom is -0.392 e. The third-order valence-corrected chi connectivity index (χ3v) is 2.03. The topological polar surface area (TPSA) is 38.7 Å². The van der Waals surface area contributed by atoms with Gasteiger partial charge in [0, 0.05) is 7.11 Å². The van der Waals surface area contributed by atoms with Gasteiger partial charge in [-0.2, -0.15) is 0 Å². The van der Waals surface area contributed by atoms with Gasteiger partial charge in [0.15, 0.2) is 0 Å². The van der Waals surface area contributed by atoms with Crippen molar-refractivity contribution in [2.45, 2.75) is 26.7 Å². The number of rotatable bonds is 8. The summed E-state index contributed by atoms with van der Waals surface area (Å²) in [5.74, 6) is 0. The van der Waals surface area contributed by atoms with Crippen LogP contribution in [0.2, 0.25) is 0 Å². The molecule has 0 aliphatic rings. The molecule has 0 radical (unpaired) electrons. The molecule has 15 heavy (non-hydrogen) atoms. The second-order valence-electron chi connectivity index (χ2n) is 3.58. The van der Waals surface area contributed by atoms with Crippen molar-refractivity contribution in [2.75, 3.05) is 27.1 Å². The quantitative estimate of drug-likeness (QED) is 0.383. The van der Waals surface area contributed by atoms with E-state index < -0.39 is 0 Å². The fourth-order valence-electron chi connectivity index (χ4n) is 1.05. The first-order valence-electron chi connectivity index (χ1n) is 5.19. The highest BCUT2D eigenvalue weighted by molar-refractivity contribution is 5.03. The van der Waals surface area contributed by atoms with E-state index in [1.165, 1.54) is 5.57 Å². The van der Waals surface area contributed by atoms with Crippen LogP contribution < -0.4 is 0 Å². The van der Waals surface area contributed by atoms with Crippen LogP contribution in [0.1, 0.15) is 26.7 Å². The maximum atomic E-state index is 8.78. The largest absolute Gasteiger partial charge is 0.392 e. The van der Waals surface area contributed by atoms with Gasteiger partial charge < -0.3 is 14.6 Å². The molecule has 0 bridgehead atoms. The maximum Gasteiger partial charge on any atom is 0.146 e. The first-order valence-corrected chi connectivity index (χ1v) is 5.19. The molecular weight excluding hydrogens is 192 g/mol. The van der Waals surface area contributed by atoms with Gasteiger partial charge in [-0.15, -0.1) is 0 Å². The highest BCUT2D eigenvalue weighted by Crippen LogP contribution is 2.06. The van der Waals surface area contributed by atoms with Gasteiger partial charge in [0.2, 0.25) is 0 Å². The number of aliphatic hydroxyl groups is 1. The second kappa shape index (κ2) is 9.90. The third-order valence-electron chi connectivity index (χ3n) is 2.03. The molecule has 1 N–H and O–H groups in total. The average Bonchev–Trinajstić information content (AvgIpc) is 2.24. The fourth-order valence-corrected chi connectivity index (χ4v) is 1.05. The first kappa shape index (κ1) is 14.4. The Balaban J connectivity index is 3.59. The summed E-state index contributed by atoms with van der Waals surface area (Å²) in [6, 6.07) is 0. The van der Waals surface area contributed by atoms with E-state index in [1.54, 1.807) is 7.11 Å². The lowest BCUT2D eigenvalue weighted by Gasteiger charge is -2.01. The van der Waals surface area contributed by atoms with E-state index in [4.69, 9.17) is 14.6 Å². The lowest BCUT2D eigenvalue weighted by Crippen LogP contribution is -1.96. The Labute approximate surface area is 92.4 Å². The Hall–Kier alpha value is -0.640. The number of methoxy groups -OCH3 is 1. The molecule has 0 amide bonds. The van der Waals surface area contributed by atoms with E-state index >= 15 is 0 Å². The number of ether oxygens (including phenoxy) is 2. The Morgan fingerprint density at radius 1 is 1.20 bits per heavy atom. The summed E-state index contributed by atoms with van der Waals surface area (Å²) in [6.07, 6.45) is 6.10. The van der Waals surface area contributed by atoms with Crippen molar-refractivity contribution < 1.29 is 14.6 Å². The van der Waals surface area contributed by atoms with Crippen molar-refractivity contribution in [3.05, 3.63) is 23.3 Å². The molecule has 3 heteroatoms. The van der Waals surface area contributed by atoms with Crippen LogP contribution in [0.25, 0.3) is 0 Å². The summed E-state index contributed by atoms with van der Waals surface area (Å²) in [7, 11) is 1.61. The summed E-state index contributed by atoms with van der Waals surface area (Å²) in [5.41, 5.74) is 2.33. The standard InChI is InChI=1S/C12H22O3/c1-11(7-8-15-10-14-3)5-4-6-12(2)9-13/h6-7,13H,4-5,8-10H2,1-3H3/b11-7+,12-6+. The molecule has 0 fully saturated rings. The molecule has 88 valence electrons. The molecule has 0 rings (SSSR count). The van der Waals surface area contributed by atoms with Crippen LogP contribution in [0, 0.1) is 0 Å². The predicted molar refractivity (Wildman–Crippen MR) is 61.7 cm³/mol. The molecule has 0 aliphatic heterocycles. The Kier molecular flexibility index (Phi) is 9.48. The molecule has 0 saturated heterocycles. The number of hydrogen-bond donors (Lipinski definition) is 1. The molecule has 0 spiro atoms. The van der Waals surface area contributed by atoms with Gasteiger partial charge in [0.05, 0.1) is 13.2 Å². The van der Waals surface area contributed by atoms with Crippen LogP contribution in [-0.2, 0) is 9.47 Å². The average molecular weight is 214 g/mol. The maximum absolute atomic E-state index is 8.78. The molecular formula is C12H22O3. The monoisotopic (exact) mass is 214 g/mol. The van der Waals surface area contributed by atoms with Crippen molar-refractivity contribution in [1.82, 2.24) is 0 Å². The van der Waals surface area contributed by atoms with Crippen LogP contribution in [0.4, 0.5) is 0 Å². The molecule has 0 saturated carbocycles. The van der Waals surface area contributed by atoms with E-state index in [1.807, 2.05) is 6.92 Å². The minimum absolute atomic E-state index is 0.152. The number of hydrogen-bond acceptors (Lipinski definition) is 3. The van der Waals surface area contributed by atoms with Crippen LogP contribution in [0.5, 0.6) is 0 Å². The van der Waals surface area contributed by atoms with E-state index in [0.717, 1.165) is 18.4 Å². The first-order chi connectivity index (χ1) is 7.20. The minimum atomic E-state index is 0.152. The van der Waals surface area contributed by atoms with Gasteiger partial charge in [-0.1, -0.05) is 23.3 Å². The lowest BCUT2D eigenvalue weighted by atomic mass is 10.1. The highest BCUT2D eigenvalue weighted by Gasteiger charge is 1.90. The van der Waals surface area contributed by atoms with Crippen LogP contribution in [-0.4, -0.2) is 32.2 Å². The number of allylic oxidation sites excluding steroid dienone is 2. The second-order valence-corrected chi connectivity index (χ2v) is 3.58. The van der Waals surface area contributed by atoms with Crippen molar-refractivity contribution in [3.63, 3.8) is 0 Å². The Bertz CT molecular complexity index is 207. The smallest absolute Gasteiger partial charge is 0.146 e. The van der Waals surface area contributed by atoms with Gasteiger partial charge in [-0.3, -0.25) is 0 Å². The molecule has 0 heterocycles. The summed E-state index contributed by atoms with van der Waals surface area (Å²) in [5, 5.41) is 8.78. The summed E-state index contributed by atoms with van der Waals surface area (Å²) in [6.45, 7) is 5.11. The van der Waals surface area contributed by atoms with Gasteiger partial charge in [0.25, 0.3) is 0 Å². The predicted octanol–water partition coefficient (Wildman–Crippen LogP) is 2.27. The fraction of sp³-hybridized carbons (Fsp3) is 0.667. The van der Waals surface area contributed by atoms with Gasteiger partial charge >= 0.3 is 0 Å². The molecule has 0 aromatic heterocycles. The van der Waals surface area contributed by atoms with Crippen molar-refractivity contribution >= 4 is 0 Å². The third kappa shape index (κ3) is 9.66. The van der Waals surface area contributed by atoms with Crippen LogP contribution >= 0.6 is 0 Å². The van der Waals surface area contributed by atoms with Crippen molar-refractivity contribution in [2.24, 2.45) is 0 Å². The number of aliphatic hydroxyl groups excluding tert-OH is 1. The zero-order valence-electron chi connectivity index (χ0n) is 9.95. The van der Waals surface area contributed by atoms with E-state index in [0.29, 0.717) is 13.4 Å². The zero-order valence-corrected chi connectivity index (χ0v) is 9.95. The highest BCUT2D eigenvalue weighted by atomic mass is 16.7. The molecule has 0 aromatic rings. The Morgan fingerprint density at radius 3 is 2.53 bits per heavy atom. The molecule has 0 atom stereocenters. The zero-order chi connectivity index (χ0) is 11.5. The van der Waals surface area contributed by atoms with Gasteiger partial charge in [0.1, 0.15) is 6.79 Å². The molecule has 0 aliphatic carbocycles. The lowest BCUT2D eigenvalue weighted by molar-refractivity contribution is -0.0188. The SMILES string of the molecule is COCOC/C=C(\C)CC/C=C(\C)CO. The van der Waals surface area contributed by atoms with Gasteiger partial charge in [-0.25, -0.2) is 0 Å². The molecule has 0 aromatic carbocycles.